The van der Waals surface area contributed by atoms with E-state index in [1.54, 1.807) is 6.07 Å². The molecule has 0 amide bonds. The van der Waals surface area contributed by atoms with Crippen molar-refractivity contribution in [2.24, 2.45) is 0 Å². The lowest BCUT2D eigenvalue weighted by Crippen LogP contribution is -2.08. The van der Waals surface area contributed by atoms with Gasteiger partial charge in [-0.25, -0.2) is 0 Å². The fraction of sp³-hybridized carbons (Fsp3) is 0.294. The van der Waals surface area contributed by atoms with Gasteiger partial charge in [-0.15, -0.1) is 0 Å². The van der Waals surface area contributed by atoms with E-state index in [-0.39, 0.29) is 12.1 Å². The van der Waals surface area contributed by atoms with Crippen LogP contribution in [0.5, 0.6) is 5.75 Å². The second-order valence-corrected chi connectivity index (χ2v) is 6.07. The third-order valence-corrected chi connectivity index (χ3v) is 3.60. The Kier molecular flexibility index (Phi) is 5.38. The molecular formula is C17H19Cl2NO. The van der Waals surface area contributed by atoms with Gasteiger partial charge in [-0.05, 0) is 56.7 Å². The standard InChI is InChI=1S/C17H19Cl2NO/c1-11(2)21-15-7-4-13(5-8-15)12(3)20-17-9-6-14(18)10-16(17)19/h4-12,20H,1-3H3. The number of hydrogen-bond donors (Lipinski definition) is 1. The van der Waals surface area contributed by atoms with Crippen molar-refractivity contribution in [3.63, 3.8) is 0 Å². The van der Waals surface area contributed by atoms with Crippen molar-refractivity contribution >= 4 is 28.9 Å². The number of hydrogen-bond acceptors (Lipinski definition) is 2. The third-order valence-electron chi connectivity index (χ3n) is 3.06. The molecule has 0 saturated carbocycles. The summed E-state index contributed by atoms with van der Waals surface area (Å²) in [5, 5.41) is 4.63. The summed E-state index contributed by atoms with van der Waals surface area (Å²) in [4.78, 5) is 0. The first-order chi connectivity index (χ1) is 9.95. The maximum atomic E-state index is 6.18. The molecule has 2 aromatic carbocycles. The van der Waals surface area contributed by atoms with E-state index in [4.69, 9.17) is 27.9 Å². The van der Waals surface area contributed by atoms with E-state index in [0.29, 0.717) is 10.0 Å². The molecule has 1 atom stereocenters. The number of benzene rings is 2. The van der Waals surface area contributed by atoms with Gasteiger partial charge in [0.25, 0.3) is 0 Å². The summed E-state index contributed by atoms with van der Waals surface area (Å²) in [6, 6.07) is 13.7. The van der Waals surface area contributed by atoms with Crippen LogP contribution in [0.2, 0.25) is 10.0 Å². The Morgan fingerprint density at radius 1 is 0.952 bits per heavy atom. The minimum absolute atomic E-state index is 0.136. The second kappa shape index (κ2) is 7.06. The number of anilines is 1. The lowest BCUT2D eigenvalue weighted by molar-refractivity contribution is 0.242. The highest BCUT2D eigenvalue weighted by Crippen LogP contribution is 2.29. The van der Waals surface area contributed by atoms with E-state index in [9.17, 15) is 0 Å². The molecule has 1 unspecified atom stereocenters. The van der Waals surface area contributed by atoms with E-state index in [2.05, 4.69) is 24.4 Å². The van der Waals surface area contributed by atoms with Gasteiger partial charge in [0.05, 0.1) is 16.8 Å². The summed E-state index contributed by atoms with van der Waals surface area (Å²) in [7, 11) is 0. The molecule has 0 heterocycles. The van der Waals surface area contributed by atoms with Crippen LogP contribution in [0.3, 0.4) is 0 Å². The van der Waals surface area contributed by atoms with Gasteiger partial charge in [0.15, 0.2) is 0 Å². The van der Waals surface area contributed by atoms with Crippen molar-refractivity contribution in [1.29, 1.82) is 0 Å². The van der Waals surface area contributed by atoms with Crippen LogP contribution < -0.4 is 10.1 Å². The molecule has 1 N–H and O–H groups in total. The second-order valence-electron chi connectivity index (χ2n) is 5.23. The predicted molar refractivity (Wildman–Crippen MR) is 90.7 cm³/mol. The van der Waals surface area contributed by atoms with Crippen molar-refractivity contribution in [1.82, 2.24) is 0 Å². The number of rotatable bonds is 5. The normalized spacial score (nSPS) is 12.3. The highest BCUT2D eigenvalue weighted by atomic mass is 35.5. The molecule has 2 nitrogen and oxygen atoms in total. The topological polar surface area (TPSA) is 21.3 Å². The molecule has 0 aliphatic carbocycles. The Balaban J connectivity index is 2.07. The molecule has 112 valence electrons. The molecule has 0 fully saturated rings. The monoisotopic (exact) mass is 323 g/mol. The SMILES string of the molecule is CC(C)Oc1ccc(C(C)Nc2ccc(Cl)cc2Cl)cc1. The van der Waals surface area contributed by atoms with E-state index >= 15 is 0 Å². The summed E-state index contributed by atoms with van der Waals surface area (Å²) in [6.07, 6.45) is 0.180. The zero-order valence-corrected chi connectivity index (χ0v) is 13.9. The van der Waals surface area contributed by atoms with Gasteiger partial charge in [-0.3, -0.25) is 0 Å². The van der Waals surface area contributed by atoms with Crippen LogP contribution in [0.15, 0.2) is 42.5 Å². The van der Waals surface area contributed by atoms with Crippen LogP contribution in [-0.4, -0.2) is 6.10 Å². The van der Waals surface area contributed by atoms with Crippen molar-refractivity contribution < 1.29 is 4.74 Å². The van der Waals surface area contributed by atoms with E-state index in [0.717, 1.165) is 17.0 Å². The van der Waals surface area contributed by atoms with Gasteiger partial charge >= 0.3 is 0 Å². The van der Waals surface area contributed by atoms with Crippen LogP contribution in [0.1, 0.15) is 32.4 Å². The summed E-state index contributed by atoms with van der Waals surface area (Å²) < 4.78 is 5.64. The quantitative estimate of drug-likeness (QED) is 0.733. The van der Waals surface area contributed by atoms with Gasteiger partial charge in [-0.2, -0.15) is 0 Å². The highest BCUT2D eigenvalue weighted by molar-refractivity contribution is 6.36. The number of halogens is 2. The minimum atomic E-state index is 0.136. The molecule has 0 radical (unpaired) electrons. The van der Waals surface area contributed by atoms with Gasteiger partial charge in [-0.1, -0.05) is 35.3 Å². The first-order valence-corrected chi connectivity index (χ1v) is 7.69. The average Bonchev–Trinajstić information content (AvgIpc) is 2.42. The largest absolute Gasteiger partial charge is 0.491 e. The van der Waals surface area contributed by atoms with Crippen LogP contribution in [0.25, 0.3) is 0 Å². The average molecular weight is 324 g/mol. The molecule has 2 rings (SSSR count). The Morgan fingerprint density at radius 2 is 1.62 bits per heavy atom. The summed E-state index contributed by atoms with van der Waals surface area (Å²) in [6.45, 7) is 6.12. The lowest BCUT2D eigenvalue weighted by Gasteiger charge is -2.18. The van der Waals surface area contributed by atoms with E-state index in [1.165, 1.54) is 0 Å². The molecule has 0 aromatic heterocycles. The minimum Gasteiger partial charge on any atom is -0.491 e. The van der Waals surface area contributed by atoms with Gasteiger partial charge in [0.1, 0.15) is 5.75 Å². The van der Waals surface area contributed by atoms with Crippen LogP contribution >= 0.6 is 23.2 Å². The van der Waals surface area contributed by atoms with E-state index < -0.39 is 0 Å². The van der Waals surface area contributed by atoms with Gasteiger partial charge < -0.3 is 10.1 Å². The molecule has 0 spiro atoms. The molecule has 0 aliphatic rings. The Hall–Kier alpha value is -1.38. The Labute approximate surface area is 136 Å². The molecule has 0 saturated heterocycles. The van der Waals surface area contributed by atoms with Gasteiger partial charge in [0, 0.05) is 11.1 Å². The van der Waals surface area contributed by atoms with Crippen molar-refractivity contribution in [2.75, 3.05) is 5.32 Å². The van der Waals surface area contributed by atoms with Crippen LogP contribution in [0.4, 0.5) is 5.69 Å². The van der Waals surface area contributed by atoms with Crippen molar-refractivity contribution in [2.45, 2.75) is 32.9 Å². The molecule has 0 bridgehead atoms. The maximum Gasteiger partial charge on any atom is 0.119 e. The number of nitrogens with one attached hydrogen (secondary N) is 1. The van der Waals surface area contributed by atoms with Crippen molar-refractivity contribution in [3.05, 3.63) is 58.1 Å². The zero-order valence-electron chi connectivity index (χ0n) is 12.4. The van der Waals surface area contributed by atoms with E-state index in [1.807, 2.05) is 38.1 Å². The first-order valence-electron chi connectivity index (χ1n) is 6.94. The summed E-state index contributed by atoms with van der Waals surface area (Å²) in [5.41, 5.74) is 2.04. The lowest BCUT2D eigenvalue weighted by atomic mass is 10.1. The smallest absolute Gasteiger partial charge is 0.119 e. The highest BCUT2D eigenvalue weighted by Gasteiger charge is 2.08. The molecule has 4 heteroatoms. The molecule has 21 heavy (non-hydrogen) atoms. The molecule has 0 aliphatic heterocycles. The predicted octanol–water partition coefficient (Wildman–Crippen LogP) is 5.95. The Morgan fingerprint density at radius 3 is 2.19 bits per heavy atom. The Bertz CT molecular complexity index is 596. The first kappa shape index (κ1) is 16.0. The zero-order chi connectivity index (χ0) is 15.4. The molecule has 2 aromatic rings. The van der Waals surface area contributed by atoms with Crippen molar-refractivity contribution in [3.8, 4) is 5.75 Å². The fourth-order valence-electron chi connectivity index (χ4n) is 2.03. The van der Waals surface area contributed by atoms with Gasteiger partial charge in [0.2, 0.25) is 0 Å². The summed E-state index contributed by atoms with van der Waals surface area (Å²) >= 11 is 12.1. The summed E-state index contributed by atoms with van der Waals surface area (Å²) in [5.74, 6) is 0.880. The fourth-order valence-corrected chi connectivity index (χ4v) is 2.49. The van der Waals surface area contributed by atoms with Crippen LogP contribution in [0, 0.1) is 0 Å². The maximum absolute atomic E-state index is 6.18. The van der Waals surface area contributed by atoms with Crippen LogP contribution in [-0.2, 0) is 0 Å². The number of ether oxygens (including phenoxy) is 1. The molecular weight excluding hydrogens is 305 g/mol. The third kappa shape index (κ3) is 4.55.